The number of nitrogens with zero attached hydrogens (tertiary/aromatic N) is 4. The molecule has 33 heavy (non-hydrogen) atoms. The van der Waals surface area contributed by atoms with Crippen LogP contribution in [0.15, 0.2) is 54.7 Å². The van der Waals surface area contributed by atoms with Crippen LogP contribution in [0.25, 0.3) is 16.2 Å². The minimum Gasteiger partial charge on any atom is -0.497 e. The highest BCUT2D eigenvalue weighted by Crippen LogP contribution is 2.30. The van der Waals surface area contributed by atoms with Gasteiger partial charge in [0.25, 0.3) is 0 Å². The summed E-state index contributed by atoms with van der Waals surface area (Å²) >= 11 is 1.56. The van der Waals surface area contributed by atoms with E-state index in [0.717, 1.165) is 64.2 Å². The van der Waals surface area contributed by atoms with Crippen molar-refractivity contribution in [3.05, 3.63) is 60.3 Å². The van der Waals surface area contributed by atoms with Crippen molar-refractivity contribution < 1.29 is 9.53 Å². The van der Waals surface area contributed by atoms with Crippen molar-refractivity contribution in [2.75, 3.05) is 30.4 Å². The Morgan fingerprint density at radius 2 is 2.03 bits per heavy atom. The van der Waals surface area contributed by atoms with E-state index in [1.807, 2.05) is 53.2 Å². The molecule has 7 nitrogen and oxygen atoms in total. The Morgan fingerprint density at radius 3 is 2.79 bits per heavy atom. The Bertz CT molecular complexity index is 1230. The molecule has 5 rings (SSSR count). The lowest BCUT2D eigenvalue weighted by atomic mass is 9.97. The number of para-hydroxylation sites is 1. The van der Waals surface area contributed by atoms with Crippen LogP contribution >= 0.6 is 11.3 Å². The van der Waals surface area contributed by atoms with E-state index in [-0.39, 0.29) is 11.8 Å². The van der Waals surface area contributed by atoms with Crippen LogP contribution in [0.5, 0.6) is 5.75 Å². The maximum Gasteiger partial charge on any atom is 0.229 e. The first-order valence-corrected chi connectivity index (χ1v) is 12.1. The van der Waals surface area contributed by atoms with Gasteiger partial charge in [-0.1, -0.05) is 36.5 Å². The average Bonchev–Trinajstić information content (AvgIpc) is 3.44. The van der Waals surface area contributed by atoms with Crippen LogP contribution in [0.3, 0.4) is 0 Å². The van der Waals surface area contributed by atoms with E-state index in [1.165, 1.54) is 0 Å². The van der Waals surface area contributed by atoms with E-state index in [1.54, 1.807) is 18.4 Å². The number of imidazole rings is 1. The second kappa shape index (κ2) is 9.23. The number of nitrogens with one attached hydrogen (secondary N) is 1. The van der Waals surface area contributed by atoms with Gasteiger partial charge in [-0.25, -0.2) is 9.50 Å². The number of carbonyl (C=O) groups is 1. The number of hydrogen-bond acceptors (Lipinski definition) is 6. The minimum absolute atomic E-state index is 0.0604. The highest BCUT2D eigenvalue weighted by molar-refractivity contribution is 7.20. The second-order valence-electron chi connectivity index (χ2n) is 8.25. The Hall–Kier alpha value is -3.39. The molecule has 3 heterocycles. The highest BCUT2D eigenvalue weighted by Gasteiger charge is 2.28. The lowest BCUT2D eigenvalue weighted by Gasteiger charge is -2.31. The number of aryl methyl sites for hydroxylation is 1. The number of hydrogen-bond donors (Lipinski definition) is 1. The summed E-state index contributed by atoms with van der Waals surface area (Å²) < 4.78 is 7.07. The normalized spacial score (nSPS) is 16.2. The van der Waals surface area contributed by atoms with Crippen LogP contribution in [0.1, 0.15) is 25.3 Å². The molecule has 0 unspecified atom stereocenters. The van der Waals surface area contributed by atoms with E-state index >= 15 is 0 Å². The molecule has 1 aliphatic rings. The second-order valence-corrected chi connectivity index (χ2v) is 9.19. The fourth-order valence-corrected chi connectivity index (χ4v) is 5.19. The number of carbonyl (C=O) groups excluding carboxylic acids is 1. The van der Waals surface area contributed by atoms with Gasteiger partial charge in [-0.2, -0.15) is 0 Å². The molecular weight excluding hydrogens is 434 g/mol. The molecule has 0 bridgehead atoms. The summed E-state index contributed by atoms with van der Waals surface area (Å²) in [6, 6.07) is 15.9. The van der Waals surface area contributed by atoms with E-state index in [4.69, 9.17) is 14.8 Å². The molecule has 2 aromatic heterocycles. The number of aromatic nitrogens is 3. The van der Waals surface area contributed by atoms with Gasteiger partial charge in [-0.3, -0.25) is 4.79 Å². The van der Waals surface area contributed by atoms with Crippen LogP contribution in [0.2, 0.25) is 0 Å². The van der Waals surface area contributed by atoms with Crippen LogP contribution in [0, 0.1) is 5.92 Å². The fourth-order valence-electron chi connectivity index (χ4n) is 4.27. The van der Waals surface area contributed by atoms with Gasteiger partial charge in [0, 0.05) is 24.3 Å². The lowest BCUT2D eigenvalue weighted by molar-refractivity contribution is -0.120. The zero-order valence-electron chi connectivity index (χ0n) is 18.8. The lowest BCUT2D eigenvalue weighted by Crippen LogP contribution is -2.40. The third-order valence-electron chi connectivity index (χ3n) is 6.14. The third kappa shape index (κ3) is 4.43. The molecule has 1 saturated heterocycles. The Labute approximate surface area is 197 Å². The summed E-state index contributed by atoms with van der Waals surface area (Å²) in [5, 5.41) is 8.82. The number of ether oxygens (including phenoxy) is 1. The molecule has 2 aromatic carbocycles. The molecule has 0 saturated carbocycles. The molecule has 170 valence electrons. The number of fused-ring (bicyclic) bond motifs is 1. The van der Waals surface area contributed by atoms with Crippen LogP contribution in [-0.4, -0.2) is 40.7 Å². The van der Waals surface area contributed by atoms with Crippen molar-refractivity contribution in [2.45, 2.75) is 26.2 Å². The topological polar surface area (TPSA) is 71.8 Å². The average molecular weight is 462 g/mol. The number of anilines is 2. The van der Waals surface area contributed by atoms with Gasteiger partial charge in [-0.15, -0.1) is 5.10 Å². The van der Waals surface area contributed by atoms with Crippen LogP contribution < -0.4 is 15.0 Å². The standard InChI is InChI=1S/C25H27N5O2S/c1-3-17-7-4-5-9-21(17)26-23(31)19-8-6-14-29(15-19)25-28-30-16-22(27-24(30)33-25)18-10-12-20(32-2)13-11-18/h4-5,7,9-13,16,19H,3,6,8,14-15H2,1-2H3,(H,26,31)/t19-/m1/s1. The fraction of sp³-hybridized carbons (Fsp3) is 0.320. The van der Waals surface area contributed by atoms with Crippen molar-refractivity contribution in [1.82, 2.24) is 14.6 Å². The van der Waals surface area contributed by atoms with E-state index in [2.05, 4.69) is 23.2 Å². The first kappa shape index (κ1) is 21.5. The first-order chi connectivity index (χ1) is 16.1. The van der Waals surface area contributed by atoms with Gasteiger partial charge in [0.05, 0.1) is 24.9 Å². The summed E-state index contributed by atoms with van der Waals surface area (Å²) in [6.45, 7) is 3.67. The highest BCUT2D eigenvalue weighted by atomic mass is 32.1. The first-order valence-electron chi connectivity index (χ1n) is 11.3. The van der Waals surface area contributed by atoms with E-state index in [9.17, 15) is 4.79 Å². The summed E-state index contributed by atoms with van der Waals surface area (Å²) in [7, 11) is 1.66. The number of amides is 1. The molecular formula is C25H27N5O2S. The summed E-state index contributed by atoms with van der Waals surface area (Å²) in [5.41, 5.74) is 3.98. The maximum atomic E-state index is 13.0. The number of methoxy groups -OCH3 is 1. The summed E-state index contributed by atoms with van der Waals surface area (Å²) in [6.07, 6.45) is 4.70. The van der Waals surface area contributed by atoms with Crippen molar-refractivity contribution in [3.8, 4) is 17.0 Å². The van der Waals surface area contributed by atoms with Gasteiger partial charge >= 0.3 is 0 Å². The minimum atomic E-state index is -0.0604. The zero-order valence-corrected chi connectivity index (χ0v) is 19.6. The molecule has 0 radical (unpaired) electrons. The van der Waals surface area contributed by atoms with Gasteiger partial charge in [0.1, 0.15) is 5.75 Å². The molecule has 1 N–H and O–H groups in total. The number of benzene rings is 2. The monoisotopic (exact) mass is 461 g/mol. The summed E-state index contributed by atoms with van der Waals surface area (Å²) in [5.74, 6) is 0.848. The van der Waals surface area contributed by atoms with Gasteiger partial charge in [0.2, 0.25) is 16.0 Å². The van der Waals surface area contributed by atoms with Crippen molar-refractivity contribution in [1.29, 1.82) is 0 Å². The van der Waals surface area contributed by atoms with Crippen LogP contribution in [0.4, 0.5) is 10.8 Å². The smallest absolute Gasteiger partial charge is 0.229 e. The molecule has 0 spiro atoms. The van der Waals surface area contributed by atoms with E-state index < -0.39 is 0 Å². The number of piperidine rings is 1. The molecule has 1 atom stereocenters. The largest absolute Gasteiger partial charge is 0.497 e. The third-order valence-corrected chi connectivity index (χ3v) is 7.12. The molecule has 8 heteroatoms. The quantitative estimate of drug-likeness (QED) is 0.443. The Balaban J connectivity index is 1.29. The van der Waals surface area contributed by atoms with Crippen molar-refractivity contribution >= 4 is 33.0 Å². The Kier molecular flexibility index (Phi) is 6.00. The molecule has 4 aromatic rings. The Morgan fingerprint density at radius 1 is 1.21 bits per heavy atom. The van der Waals surface area contributed by atoms with Crippen molar-refractivity contribution in [3.63, 3.8) is 0 Å². The van der Waals surface area contributed by atoms with Gasteiger partial charge < -0.3 is 15.0 Å². The SMILES string of the molecule is CCc1ccccc1NC(=O)[C@@H]1CCCN(c2nn3cc(-c4ccc(OC)cc4)nc3s2)C1. The van der Waals surface area contributed by atoms with Crippen LogP contribution in [-0.2, 0) is 11.2 Å². The predicted molar refractivity (Wildman–Crippen MR) is 132 cm³/mol. The van der Waals surface area contributed by atoms with Crippen molar-refractivity contribution in [2.24, 2.45) is 5.92 Å². The maximum absolute atomic E-state index is 13.0. The summed E-state index contributed by atoms with van der Waals surface area (Å²) in [4.78, 5) is 20.8. The van der Waals surface area contributed by atoms with E-state index in [0.29, 0.717) is 6.54 Å². The molecule has 1 aliphatic heterocycles. The number of rotatable bonds is 6. The molecule has 1 fully saturated rings. The molecule has 1 amide bonds. The van der Waals surface area contributed by atoms with Gasteiger partial charge in [-0.05, 0) is 55.2 Å². The van der Waals surface area contributed by atoms with Gasteiger partial charge in [0.15, 0.2) is 0 Å². The zero-order chi connectivity index (χ0) is 22.8. The predicted octanol–water partition coefficient (Wildman–Crippen LogP) is 4.88. The molecule has 0 aliphatic carbocycles.